The summed E-state index contributed by atoms with van der Waals surface area (Å²) in [6.45, 7) is 0. The van der Waals surface area contributed by atoms with Crippen LogP contribution in [0.25, 0.3) is 55.6 Å². The van der Waals surface area contributed by atoms with Crippen LogP contribution in [0.3, 0.4) is 0 Å². The van der Waals surface area contributed by atoms with Crippen molar-refractivity contribution in [3.05, 3.63) is 181 Å². The second kappa shape index (κ2) is 12.2. The molecule has 4 fully saturated rings. The Bertz CT molecular complexity index is 2460. The van der Waals surface area contributed by atoms with Crippen LogP contribution in [0, 0.1) is 23.7 Å². The monoisotopic (exact) mass is 681 g/mol. The molecule has 0 aliphatic heterocycles. The third kappa shape index (κ3) is 4.90. The van der Waals surface area contributed by atoms with Crippen molar-refractivity contribution >= 4 is 11.4 Å². The largest absolute Gasteiger partial charge is 0.355 e. The fourth-order valence-corrected chi connectivity index (χ4v) is 11.6. The third-order valence-corrected chi connectivity index (χ3v) is 13.5. The molecule has 0 aromatic heterocycles. The summed E-state index contributed by atoms with van der Waals surface area (Å²) >= 11 is 0. The lowest BCUT2D eigenvalue weighted by Crippen LogP contribution is -2.55. The number of benzene rings is 7. The molecule has 1 spiro atoms. The molecule has 5 aliphatic rings. The fourth-order valence-electron chi connectivity index (χ4n) is 11.6. The van der Waals surface area contributed by atoms with Crippen molar-refractivity contribution in [3.8, 4) is 55.6 Å². The van der Waals surface area contributed by atoms with E-state index in [-0.39, 0.29) is 5.41 Å². The van der Waals surface area contributed by atoms with Crippen molar-refractivity contribution in [2.75, 3.05) is 5.32 Å². The van der Waals surface area contributed by atoms with Crippen LogP contribution in [0.2, 0.25) is 0 Å². The van der Waals surface area contributed by atoms with E-state index in [2.05, 4.69) is 175 Å². The molecule has 7 aromatic rings. The number of nitrogens with one attached hydrogen (secondary N) is 1. The van der Waals surface area contributed by atoms with Gasteiger partial charge < -0.3 is 5.32 Å². The standard InChI is InChI=1S/C52H43N/c1-2-11-36(12-3-1)39-13-8-15-41(32-39)45-17-5-7-22-50(45)53-44-16-9-14-40(33-44)37-23-25-38(26-24-37)46-19-10-21-49-51(46)47-18-4-6-20-48(47)52(49)42-28-34-27-35(30-42)31-43(52)29-34/h1-26,32-35,42-43,53H,27-31H2. The molecule has 256 valence electrons. The second-order valence-corrected chi connectivity index (χ2v) is 16.2. The molecule has 0 saturated heterocycles. The molecule has 0 atom stereocenters. The molecule has 7 aromatic carbocycles. The Morgan fingerprint density at radius 3 is 1.72 bits per heavy atom. The van der Waals surface area contributed by atoms with E-state index in [0.717, 1.165) is 35.0 Å². The predicted molar refractivity (Wildman–Crippen MR) is 221 cm³/mol. The van der Waals surface area contributed by atoms with Crippen LogP contribution in [0.1, 0.15) is 43.2 Å². The summed E-state index contributed by atoms with van der Waals surface area (Å²) in [4.78, 5) is 0. The summed E-state index contributed by atoms with van der Waals surface area (Å²) in [5.41, 5.74) is 18.6. The Balaban J connectivity index is 0.908. The summed E-state index contributed by atoms with van der Waals surface area (Å²) in [6, 6.07) is 62.9. The smallest absolute Gasteiger partial charge is 0.0463 e. The zero-order chi connectivity index (χ0) is 34.9. The Kier molecular flexibility index (Phi) is 7.12. The highest BCUT2D eigenvalue weighted by atomic mass is 14.9. The number of hydrogen-bond acceptors (Lipinski definition) is 1. The van der Waals surface area contributed by atoms with Crippen molar-refractivity contribution in [2.45, 2.75) is 37.5 Å². The molecule has 12 rings (SSSR count). The van der Waals surface area contributed by atoms with Gasteiger partial charge in [-0.1, -0.05) is 146 Å². The van der Waals surface area contributed by atoms with Crippen molar-refractivity contribution in [2.24, 2.45) is 23.7 Å². The SMILES string of the molecule is c1ccc(-c2cccc(-c3ccccc3Nc3cccc(-c4ccc(-c5cccc6c5-c5ccccc5C65C6CC7CC(C6)CC5C7)cc4)c3)c2)cc1. The maximum absolute atomic E-state index is 3.77. The summed E-state index contributed by atoms with van der Waals surface area (Å²) in [5.74, 6) is 3.48. The fraction of sp³-hybridized carbons (Fsp3) is 0.192. The van der Waals surface area contributed by atoms with Crippen molar-refractivity contribution in [3.63, 3.8) is 0 Å². The highest BCUT2D eigenvalue weighted by Crippen LogP contribution is 2.70. The van der Waals surface area contributed by atoms with Gasteiger partial charge in [0.05, 0.1) is 0 Å². The van der Waals surface area contributed by atoms with Crippen LogP contribution in [0.5, 0.6) is 0 Å². The average Bonchev–Trinajstić information content (AvgIpc) is 3.51. The summed E-state index contributed by atoms with van der Waals surface area (Å²) in [7, 11) is 0. The third-order valence-electron chi connectivity index (χ3n) is 13.5. The van der Waals surface area contributed by atoms with Crippen LogP contribution in [0.15, 0.2) is 170 Å². The lowest BCUT2D eigenvalue weighted by molar-refractivity contribution is -0.0399. The van der Waals surface area contributed by atoms with Crippen molar-refractivity contribution < 1.29 is 0 Å². The first kappa shape index (κ1) is 30.9. The number of rotatable bonds is 6. The molecule has 0 heterocycles. The molecular weight excluding hydrogens is 639 g/mol. The Morgan fingerprint density at radius 2 is 0.925 bits per heavy atom. The van der Waals surface area contributed by atoms with Gasteiger partial charge in [0.2, 0.25) is 0 Å². The van der Waals surface area contributed by atoms with E-state index < -0.39 is 0 Å². The second-order valence-electron chi connectivity index (χ2n) is 16.2. The normalized spacial score (nSPS) is 23.2. The van der Waals surface area contributed by atoms with E-state index in [1.807, 2.05) is 0 Å². The lowest BCUT2D eigenvalue weighted by atomic mass is 9.43. The Hall–Kier alpha value is -5.66. The van der Waals surface area contributed by atoms with Gasteiger partial charge in [0.25, 0.3) is 0 Å². The van der Waals surface area contributed by atoms with Gasteiger partial charge in [-0.3, -0.25) is 0 Å². The number of anilines is 2. The van der Waals surface area contributed by atoms with Gasteiger partial charge in [-0.25, -0.2) is 0 Å². The highest BCUT2D eigenvalue weighted by molar-refractivity contribution is 5.93. The number of para-hydroxylation sites is 1. The van der Waals surface area contributed by atoms with E-state index in [1.54, 1.807) is 11.1 Å². The molecule has 1 heteroatoms. The summed E-state index contributed by atoms with van der Waals surface area (Å²) < 4.78 is 0. The molecule has 0 unspecified atom stereocenters. The zero-order valence-corrected chi connectivity index (χ0v) is 30.0. The van der Waals surface area contributed by atoms with E-state index in [9.17, 15) is 0 Å². The maximum Gasteiger partial charge on any atom is 0.0463 e. The Morgan fingerprint density at radius 1 is 0.377 bits per heavy atom. The quantitative estimate of drug-likeness (QED) is 0.184. The van der Waals surface area contributed by atoms with Gasteiger partial charge >= 0.3 is 0 Å². The number of hydrogen-bond donors (Lipinski definition) is 1. The van der Waals surface area contributed by atoms with Crippen LogP contribution < -0.4 is 5.32 Å². The zero-order valence-electron chi connectivity index (χ0n) is 30.0. The van der Waals surface area contributed by atoms with Gasteiger partial charge in [-0.2, -0.15) is 0 Å². The Labute approximate surface area is 313 Å². The van der Waals surface area contributed by atoms with E-state index in [4.69, 9.17) is 0 Å². The molecule has 1 N–H and O–H groups in total. The van der Waals surface area contributed by atoms with Crippen molar-refractivity contribution in [1.82, 2.24) is 0 Å². The van der Waals surface area contributed by atoms with E-state index >= 15 is 0 Å². The topological polar surface area (TPSA) is 12.0 Å². The van der Waals surface area contributed by atoms with Crippen LogP contribution >= 0.6 is 0 Å². The summed E-state index contributed by atoms with van der Waals surface area (Å²) in [6.07, 6.45) is 7.16. The van der Waals surface area contributed by atoms with Gasteiger partial charge in [0.1, 0.15) is 0 Å². The first-order chi connectivity index (χ1) is 26.2. The van der Waals surface area contributed by atoms with Gasteiger partial charge in [-0.15, -0.1) is 0 Å². The molecule has 5 aliphatic carbocycles. The van der Waals surface area contributed by atoms with Crippen LogP contribution in [-0.2, 0) is 5.41 Å². The molecule has 4 saturated carbocycles. The predicted octanol–water partition coefficient (Wildman–Crippen LogP) is 13.8. The maximum atomic E-state index is 3.77. The van der Waals surface area contributed by atoms with Crippen LogP contribution in [-0.4, -0.2) is 0 Å². The molecule has 1 nitrogen and oxygen atoms in total. The lowest BCUT2D eigenvalue weighted by Gasteiger charge is -2.61. The minimum absolute atomic E-state index is 0.200. The number of fused-ring (bicyclic) bond motifs is 3. The molecule has 0 amide bonds. The first-order valence-electron chi connectivity index (χ1n) is 19.7. The van der Waals surface area contributed by atoms with Gasteiger partial charge in [-0.05, 0) is 141 Å². The molecule has 4 bridgehead atoms. The van der Waals surface area contributed by atoms with Crippen LogP contribution in [0.4, 0.5) is 11.4 Å². The highest BCUT2D eigenvalue weighted by Gasteiger charge is 2.61. The van der Waals surface area contributed by atoms with Gasteiger partial charge in [0, 0.05) is 22.4 Å². The molecular formula is C52H43N. The van der Waals surface area contributed by atoms with Crippen molar-refractivity contribution in [1.29, 1.82) is 0 Å². The summed E-state index contributed by atoms with van der Waals surface area (Å²) in [5, 5.41) is 3.77. The minimum Gasteiger partial charge on any atom is -0.355 e. The minimum atomic E-state index is 0.200. The molecule has 0 radical (unpaired) electrons. The molecule has 53 heavy (non-hydrogen) atoms. The van der Waals surface area contributed by atoms with Gasteiger partial charge in [0.15, 0.2) is 0 Å². The van der Waals surface area contributed by atoms with E-state index in [0.29, 0.717) is 0 Å². The first-order valence-corrected chi connectivity index (χ1v) is 19.7. The van der Waals surface area contributed by atoms with E-state index in [1.165, 1.54) is 87.7 Å². The average molecular weight is 682 g/mol.